The molecule has 0 aliphatic carbocycles. The molecule has 0 aliphatic heterocycles. The number of benzene rings is 1. The topological polar surface area (TPSA) is 58.2 Å². The van der Waals surface area contributed by atoms with E-state index in [0.29, 0.717) is 11.3 Å². The summed E-state index contributed by atoms with van der Waals surface area (Å²) < 4.78 is 0.799. The Morgan fingerprint density at radius 1 is 1.21 bits per heavy atom. The normalized spacial score (nSPS) is 9.95. The first kappa shape index (κ1) is 13.8. The van der Waals surface area contributed by atoms with Crippen LogP contribution in [0.25, 0.3) is 0 Å². The predicted molar refractivity (Wildman–Crippen MR) is 79.4 cm³/mol. The van der Waals surface area contributed by atoms with Crippen molar-refractivity contribution in [1.82, 2.24) is 5.32 Å². The lowest BCUT2D eigenvalue weighted by Crippen LogP contribution is -2.32. The molecule has 0 spiro atoms. The van der Waals surface area contributed by atoms with Crippen LogP contribution in [-0.2, 0) is 4.79 Å². The molecule has 2 N–H and O–H groups in total. The average Bonchev–Trinajstić information content (AvgIpc) is 2.93. The van der Waals surface area contributed by atoms with Gasteiger partial charge in [-0.15, -0.1) is 0 Å². The maximum absolute atomic E-state index is 11.7. The second-order valence-corrected chi connectivity index (χ2v) is 5.36. The number of para-hydroxylation sites is 1. The fourth-order valence-corrected chi connectivity index (χ4v) is 2.43. The van der Waals surface area contributed by atoms with Gasteiger partial charge in [-0.2, -0.15) is 11.3 Å². The molecule has 1 aromatic heterocycles. The Balaban J connectivity index is 1.86. The number of rotatable bonds is 4. The fourth-order valence-electron chi connectivity index (χ4n) is 1.41. The summed E-state index contributed by atoms with van der Waals surface area (Å²) in [4.78, 5) is 23.3. The van der Waals surface area contributed by atoms with Crippen molar-refractivity contribution < 1.29 is 9.59 Å². The summed E-state index contributed by atoms with van der Waals surface area (Å²) in [5, 5.41) is 8.83. The fraction of sp³-hybridized carbons (Fsp3) is 0.0769. The van der Waals surface area contributed by atoms with Gasteiger partial charge in [0, 0.05) is 15.4 Å². The molecule has 0 atom stereocenters. The smallest absolute Gasteiger partial charge is 0.252 e. The highest BCUT2D eigenvalue weighted by Crippen LogP contribution is 2.20. The van der Waals surface area contributed by atoms with Crippen molar-refractivity contribution >= 4 is 44.8 Å². The number of hydrogen-bond donors (Lipinski definition) is 2. The van der Waals surface area contributed by atoms with Crippen LogP contribution in [0.1, 0.15) is 10.4 Å². The molecule has 1 heterocycles. The van der Waals surface area contributed by atoms with Crippen molar-refractivity contribution in [3.05, 3.63) is 51.1 Å². The highest BCUT2D eigenvalue weighted by molar-refractivity contribution is 9.10. The zero-order valence-corrected chi connectivity index (χ0v) is 12.3. The molecule has 6 heteroatoms. The highest BCUT2D eigenvalue weighted by Gasteiger charge is 2.09. The molecule has 4 nitrogen and oxygen atoms in total. The van der Waals surface area contributed by atoms with Crippen molar-refractivity contribution in [2.24, 2.45) is 0 Å². The first-order valence-electron chi connectivity index (χ1n) is 5.51. The Labute approximate surface area is 123 Å². The van der Waals surface area contributed by atoms with Gasteiger partial charge < -0.3 is 10.6 Å². The second kappa shape index (κ2) is 6.49. The van der Waals surface area contributed by atoms with E-state index in [2.05, 4.69) is 26.6 Å². The maximum Gasteiger partial charge on any atom is 0.252 e. The lowest BCUT2D eigenvalue weighted by molar-refractivity contribution is -0.115. The number of nitrogens with one attached hydrogen (secondary N) is 2. The molecule has 0 radical (unpaired) electrons. The van der Waals surface area contributed by atoms with Crippen molar-refractivity contribution in [2.75, 3.05) is 11.9 Å². The van der Waals surface area contributed by atoms with Crippen LogP contribution in [0, 0.1) is 0 Å². The molecule has 0 bridgehead atoms. The monoisotopic (exact) mass is 338 g/mol. The van der Waals surface area contributed by atoms with Crippen LogP contribution in [0.2, 0.25) is 0 Å². The summed E-state index contributed by atoms with van der Waals surface area (Å²) >= 11 is 4.77. The summed E-state index contributed by atoms with van der Waals surface area (Å²) in [6, 6.07) is 9.01. The molecule has 0 aliphatic rings. The largest absolute Gasteiger partial charge is 0.343 e. The second-order valence-electron chi connectivity index (χ2n) is 3.72. The van der Waals surface area contributed by atoms with E-state index in [1.54, 1.807) is 17.5 Å². The molecular weight excluding hydrogens is 328 g/mol. The third kappa shape index (κ3) is 3.90. The lowest BCUT2D eigenvalue weighted by Gasteiger charge is -2.07. The molecule has 98 valence electrons. The molecule has 2 amide bonds. The zero-order chi connectivity index (χ0) is 13.7. The molecule has 0 unspecified atom stereocenters. The molecule has 0 saturated heterocycles. The summed E-state index contributed by atoms with van der Waals surface area (Å²) in [5.41, 5.74) is 1.25. The van der Waals surface area contributed by atoms with Gasteiger partial charge in [-0.25, -0.2) is 0 Å². The summed E-state index contributed by atoms with van der Waals surface area (Å²) in [6.07, 6.45) is 0. The van der Waals surface area contributed by atoms with Crippen LogP contribution in [0.15, 0.2) is 45.6 Å². The van der Waals surface area contributed by atoms with Crippen LogP contribution in [-0.4, -0.2) is 18.4 Å². The number of hydrogen-bond acceptors (Lipinski definition) is 3. The van der Waals surface area contributed by atoms with Crippen molar-refractivity contribution in [2.45, 2.75) is 0 Å². The van der Waals surface area contributed by atoms with E-state index < -0.39 is 0 Å². The Kier molecular flexibility index (Phi) is 4.70. The number of anilines is 1. The van der Waals surface area contributed by atoms with Crippen LogP contribution < -0.4 is 10.6 Å². The predicted octanol–water partition coefficient (Wildman–Crippen LogP) is 2.88. The number of carbonyl (C=O) groups excluding carboxylic acids is 2. The maximum atomic E-state index is 11.7. The van der Waals surface area contributed by atoms with Crippen LogP contribution >= 0.6 is 27.3 Å². The van der Waals surface area contributed by atoms with Crippen molar-refractivity contribution in [3.63, 3.8) is 0 Å². The SMILES string of the molecule is O=C(CNC(=O)c1ccsc1)Nc1ccccc1Br. The number of amides is 2. The minimum Gasteiger partial charge on any atom is -0.343 e. The Morgan fingerprint density at radius 2 is 2.00 bits per heavy atom. The molecule has 0 fully saturated rings. The van der Waals surface area contributed by atoms with Gasteiger partial charge in [0.15, 0.2) is 0 Å². The van der Waals surface area contributed by atoms with E-state index in [4.69, 9.17) is 0 Å². The van der Waals surface area contributed by atoms with Crippen LogP contribution in [0.4, 0.5) is 5.69 Å². The van der Waals surface area contributed by atoms with Gasteiger partial charge in [-0.05, 0) is 39.5 Å². The highest BCUT2D eigenvalue weighted by atomic mass is 79.9. The quantitative estimate of drug-likeness (QED) is 0.900. The third-order valence-electron chi connectivity index (χ3n) is 2.34. The number of thiophene rings is 1. The first-order valence-corrected chi connectivity index (χ1v) is 7.25. The molecule has 2 rings (SSSR count). The van der Waals surface area contributed by atoms with Crippen LogP contribution in [0.3, 0.4) is 0 Å². The first-order chi connectivity index (χ1) is 9.16. The summed E-state index contributed by atoms with van der Waals surface area (Å²) in [5.74, 6) is -0.515. The summed E-state index contributed by atoms with van der Waals surface area (Å²) in [6.45, 7) is -0.0595. The van der Waals surface area contributed by atoms with E-state index in [-0.39, 0.29) is 18.4 Å². The van der Waals surface area contributed by atoms with E-state index in [9.17, 15) is 9.59 Å². The van der Waals surface area contributed by atoms with Gasteiger partial charge in [0.25, 0.3) is 5.91 Å². The van der Waals surface area contributed by atoms with Gasteiger partial charge in [-0.3, -0.25) is 9.59 Å². The zero-order valence-electron chi connectivity index (χ0n) is 9.85. The molecule has 1 aromatic carbocycles. The molecule has 0 saturated carbocycles. The van der Waals surface area contributed by atoms with E-state index in [0.717, 1.165) is 4.47 Å². The Hall–Kier alpha value is -1.66. The molecule has 2 aromatic rings. The van der Waals surface area contributed by atoms with E-state index >= 15 is 0 Å². The van der Waals surface area contributed by atoms with Crippen LogP contribution in [0.5, 0.6) is 0 Å². The van der Waals surface area contributed by atoms with Gasteiger partial charge in [-0.1, -0.05) is 12.1 Å². The Morgan fingerprint density at radius 3 is 2.68 bits per heavy atom. The van der Waals surface area contributed by atoms with E-state index in [1.165, 1.54) is 11.3 Å². The van der Waals surface area contributed by atoms with Crippen molar-refractivity contribution in [3.8, 4) is 0 Å². The Bertz CT molecular complexity index is 584. The average molecular weight is 339 g/mol. The lowest BCUT2D eigenvalue weighted by atomic mass is 10.3. The number of halogens is 1. The minimum absolute atomic E-state index is 0.0595. The standard InChI is InChI=1S/C13H11BrN2O2S/c14-10-3-1-2-4-11(10)16-12(17)7-15-13(18)9-5-6-19-8-9/h1-6,8H,7H2,(H,15,18)(H,16,17). The van der Waals surface area contributed by atoms with Gasteiger partial charge in [0.2, 0.25) is 5.91 Å². The molecular formula is C13H11BrN2O2S. The summed E-state index contributed by atoms with van der Waals surface area (Å²) in [7, 11) is 0. The van der Waals surface area contributed by atoms with Gasteiger partial charge in [0.1, 0.15) is 0 Å². The van der Waals surface area contributed by atoms with Crippen molar-refractivity contribution in [1.29, 1.82) is 0 Å². The van der Waals surface area contributed by atoms with E-state index in [1.807, 2.05) is 23.6 Å². The van der Waals surface area contributed by atoms with Gasteiger partial charge >= 0.3 is 0 Å². The number of carbonyl (C=O) groups is 2. The minimum atomic E-state index is -0.268. The molecule has 19 heavy (non-hydrogen) atoms. The van der Waals surface area contributed by atoms with Gasteiger partial charge in [0.05, 0.1) is 12.2 Å². The third-order valence-corrected chi connectivity index (χ3v) is 3.72.